The number of aromatic nitrogens is 2. The fraction of sp³-hybridized carbons (Fsp3) is 0.700. The fourth-order valence-corrected chi connectivity index (χ4v) is 3.36. The van der Waals surface area contributed by atoms with E-state index < -0.39 is 0 Å². The van der Waals surface area contributed by atoms with Gasteiger partial charge in [0.05, 0.1) is 6.04 Å². The number of hydrogen-bond donors (Lipinski definition) is 2. The third kappa shape index (κ3) is 2.24. The lowest BCUT2D eigenvalue weighted by atomic mass is 10.1. The molecule has 0 aliphatic carbocycles. The van der Waals surface area contributed by atoms with Crippen LogP contribution in [0.1, 0.15) is 11.9 Å². The zero-order valence-electron chi connectivity index (χ0n) is 9.76. The maximum absolute atomic E-state index is 5.69. The lowest BCUT2D eigenvalue weighted by Gasteiger charge is -2.36. The molecule has 5 nitrogen and oxygen atoms in total. The second-order valence-corrected chi connectivity index (χ2v) is 5.31. The number of aryl methyl sites for hydroxylation is 1. The Bertz CT molecular complexity index is 340. The number of nitrogens with two attached hydrogens (primary N) is 1. The molecule has 2 unspecified atom stereocenters. The third-order valence-electron chi connectivity index (χ3n) is 3.14. The van der Waals surface area contributed by atoms with Gasteiger partial charge in [0.25, 0.3) is 0 Å². The molecular weight excluding hydrogens is 222 g/mol. The first-order chi connectivity index (χ1) is 7.74. The molecular formula is C10H19N5S. The molecule has 2 atom stereocenters. The molecule has 1 saturated heterocycles. The van der Waals surface area contributed by atoms with Crippen LogP contribution in [0.3, 0.4) is 0 Å². The summed E-state index contributed by atoms with van der Waals surface area (Å²) in [5, 5.41) is 0. The highest BCUT2D eigenvalue weighted by molar-refractivity contribution is 7.99. The minimum atomic E-state index is 0.0952. The van der Waals surface area contributed by atoms with Crippen molar-refractivity contribution in [1.82, 2.24) is 19.9 Å². The molecule has 3 N–H and O–H groups in total. The Morgan fingerprint density at radius 1 is 1.62 bits per heavy atom. The monoisotopic (exact) mass is 241 g/mol. The van der Waals surface area contributed by atoms with Crippen LogP contribution in [0.4, 0.5) is 0 Å². The molecule has 0 radical (unpaired) electrons. The predicted octanol–water partition coefficient (Wildman–Crippen LogP) is -0.0283. The average molecular weight is 241 g/mol. The fourth-order valence-electron chi connectivity index (χ4n) is 2.09. The van der Waals surface area contributed by atoms with E-state index in [4.69, 9.17) is 5.84 Å². The molecule has 1 aliphatic heterocycles. The number of nitrogens with one attached hydrogen (secondary N) is 1. The third-order valence-corrected chi connectivity index (χ3v) is 4.19. The van der Waals surface area contributed by atoms with Crippen LogP contribution in [0.15, 0.2) is 12.4 Å². The molecule has 0 saturated carbocycles. The lowest BCUT2D eigenvalue weighted by Crippen LogP contribution is -2.50. The van der Waals surface area contributed by atoms with E-state index in [0.29, 0.717) is 6.04 Å². The molecule has 6 heteroatoms. The van der Waals surface area contributed by atoms with E-state index >= 15 is 0 Å². The van der Waals surface area contributed by atoms with Gasteiger partial charge in [-0.15, -0.1) is 0 Å². The van der Waals surface area contributed by atoms with Crippen LogP contribution in [0.5, 0.6) is 0 Å². The molecule has 1 fully saturated rings. The van der Waals surface area contributed by atoms with Crippen LogP contribution in [0, 0.1) is 0 Å². The summed E-state index contributed by atoms with van der Waals surface area (Å²) in [4.78, 5) is 6.74. The van der Waals surface area contributed by atoms with Gasteiger partial charge in [0, 0.05) is 43.5 Å². The van der Waals surface area contributed by atoms with Crippen molar-refractivity contribution in [2.45, 2.75) is 12.1 Å². The molecule has 0 spiro atoms. The highest BCUT2D eigenvalue weighted by atomic mass is 32.2. The molecule has 0 aromatic carbocycles. The van der Waals surface area contributed by atoms with Gasteiger partial charge in [-0.05, 0) is 7.05 Å². The van der Waals surface area contributed by atoms with Gasteiger partial charge in [-0.3, -0.25) is 10.7 Å². The Morgan fingerprint density at radius 2 is 2.44 bits per heavy atom. The highest BCUT2D eigenvalue weighted by Gasteiger charge is 2.30. The largest absolute Gasteiger partial charge is 0.337 e. The summed E-state index contributed by atoms with van der Waals surface area (Å²) in [6.45, 7) is 1.11. The van der Waals surface area contributed by atoms with Gasteiger partial charge < -0.3 is 4.57 Å². The number of rotatable bonds is 3. The highest BCUT2D eigenvalue weighted by Crippen LogP contribution is 2.25. The number of hydrazine groups is 1. The quantitative estimate of drug-likeness (QED) is 0.575. The molecule has 1 aromatic rings. The molecule has 0 amide bonds. The van der Waals surface area contributed by atoms with E-state index in [1.54, 1.807) is 0 Å². The number of likely N-dealkylation sites (N-methyl/N-ethyl adjacent to an activating group) is 1. The van der Waals surface area contributed by atoms with Crippen molar-refractivity contribution < 1.29 is 0 Å². The molecule has 1 aliphatic rings. The Morgan fingerprint density at radius 3 is 3.00 bits per heavy atom. The van der Waals surface area contributed by atoms with Crippen molar-refractivity contribution in [3.63, 3.8) is 0 Å². The van der Waals surface area contributed by atoms with E-state index in [1.165, 1.54) is 5.75 Å². The zero-order valence-corrected chi connectivity index (χ0v) is 10.6. The van der Waals surface area contributed by atoms with Crippen molar-refractivity contribution >= 4 is 11.8 Å². The molecule has 1 aromatic heterocycles. The maximum atomic E-state index is 5.69. The first kappa shape index (κ1) is 11.9. The van der Waals surface area contributed by atoms with Crippen molar-refractivity contribution in [1.29, 1.82) is 0 Å². The molecule has 0 bridgehead atoms. The molecule has 2 rings (SSSR count). The van der Waals surface area contributed by atoms with Gasteiger partial charge in [0.1, 0.15) is 5.82 Å². The second kappa shape index (κ2) is 5.18. The second-order valence-electron chi connectivity index (χ2n) is 4.16. The summed E-state index contributed by atoms with van der Waals surface area (Å²) in [5.41, 5.74) is 2.91. The van der Waals surface area contributed by atoms with Gasteiger partial charge in [0.2, 0.25) is 0 Å². The van der Waals surface area contributed by atoms with E-state index in [2.05, 4.69) is 22.4 Å². The van der Waals surface area contributed by atoms with Crippen LogP contribution in [-0.4, -0.2) is 45.6 Å². The zero-order chi connectivity index (χ0) is 11.5. The summed E-state index contributed by atoms with van der Waals surface area (Å²) in [7, 11) is 4.15. The van der Waals surface area contributed by atoms with Crippen molar-refractivity contribution in [2.24, 2.45) is 12.9 Å². The first-order valence-corrected chi connectivity index (χ1v) is 6.61. The Kier molecular flexibility index (Phi) is 3.86. The number of thioether (sulfide) groups is 1. The van der Waals surface area contributed by atoms with Crippen molar-refractivity contribution in [2.75, 3.05) is 25.1 Å². The van der Waals surface area contributed by atoms with Gasteiger partial charge >= 0.3 is 0 Å². The van der Waals surface area contributed by atoms with E-state index in [0.717, 1.165) is 18.1 Å². The van der Waals surface area contributed by atoms with Gasteiger partial charge in [-0.25, -0.2) is 10.4 Å². The van der Waals surface area contributed by atoms with E-state index in [1.807, 2.05) is 35.8 Å². The maximum Gasteiger partial charge on any atom is 0.128 e. The van der Waals surface area contributed by atoms with Gasteiger partial charge in [-0.2, -0.15) is 11.8 Å². The summed E-state index contributed by atoms with van der Waals surface area (Å²) in [5.74, 6) is 8.98. The molecule has 16 heavy (non-hydrogen) atoms. The summed E-state index contributed by atoms with van der Waals surface area (Å²) in [6.07, 6.45) is 3.77. The van der Waals surface area contributed by atoms with Crippen LogP contribution in [0.25, 0.3) is 0 Å². The standard InChI is InChI=1S/C10H19N5S/c1-14-5-6-16-7-8(14)9(13-11)10-12-3-4-15(10)2/h3-4,8-9,13H,5-7,11H2,1-2H3. The SMILES string of the molecule is CN1CCSCC1C(NN)c1nccn1C. The summed E-state index contributed by atoms with van der Waals surface area (Å²) >= 11 is 1.98. The normalized spacial score (nSPS) is 24.6. The van der Waals surface area contributed by atoms with Crippen LogP contribution in [0.2, 0.25) is 0 Å². The minimum absolute atomic E-state index is 0.0952. The minimum Gasteiger partial charge on any atom is -0.337 e. The van der Waals surface area contributed by atoms with Crippen molar-refractivity contribution in [3.8, 4) is 0 Å². The number of hydrogen-bond acceptors (Lipinski definition) is 5. The van der Waals surface area contributed by atoms with E-state index in [9.17, 15) is 0 Å². The summed E-state index contributed by atoms with van der Waals surface area (Å²) in [6, 6.07) is 0.502. The van der Waals surface area contributed by atoms with E-state index in [-0.39, 0.29) is 6.04 Å². The molecule has 2 heterocycles. The Hall–Kier alpha value is -0.560. The van der Waals surface area contributed by atoms with Gasteiger partial charge in [0.15, 0.2) is 0 Å². The topological polar surface area (TPSA) is 59.1 Å². The van der Waals surface area contributed by atoms with Crippen LogP contribution in [-0.2, 0) is 7.05 Å². The Balaban J connectivity index is 2.18. The van der Waals surface area contributed by atoms with Crippen LogP contribution < -0.4 is 11.3 Å². The average Bonchev–Trinajstić information content (AvgIpc) is 2.69. The Labute approximate surface area is 100 Å². The lowest BCUT2D eigenvalue weighted by molar-refractivity contribution is 0.209. The number of nitrogens with zero attached hydrogens (tertiary/aromatic N) is 3. The predicted molar refractivity (Wildman–Crippen MR) is 67.0 cm³/mol. The van der Waals surface area contributed by atoms with Gasteiger partial charge in [-0.1, -0.05) is 0 Å². The van der Waals surface area contributed by atoms with Crippen LogP contribution >= 0.6 is 11.8 Å². The first-order valence-electron chi connectivity index (χ1n) is 5.45. The number of imidazole rings is 1. The van der Waals surface area contributed by atoms with Crippen molar-refractivity contribution in [3.05, 3.63) is 18.2 Å². The summed E-state index contributed by atoms with van der Waals surface area (Å²) < 4.78 is 2.03. The smallest absolute Gasteiger partial charge is 0.128 e. The molecule has 90 valence electrons.